The molecule has 4 nitrogen and oxygen atoms in total. The van der Waals surface area contributed by atoms with Gasteiger partial charge in [-0.1, -0.05) is 121 Å². The molecule has 0 aliphatic heterocycles. The average molecular weight is 973 g/mol. The Morgan fingerprint density at radius 1 is 0.260 bits per heavy atom. The van der Waals surface area contributed by atoms with Gasteiger partial charge in [-0.15, -0.1) is 0 Å². The number of halogens is 8. The summed E-state index contributed by atoms with van der Waals surface area (Å²) in [7, 11) is 0. The standard InChI is InChI=1S/C61H32F8N4/c62-56-55(57(63)59(65)60(66)58(56)64)54-52(72-48-23-11-5-17-40(48)42-27-25-34(31-50(42)72)70-44-19-7-1-13-36(44)37-14-2-8-20-45(37)70)29-33(61(67,68)69)30-53(54)73-49-24-12-6-18-41(49)43-28-26-35(32-51(43)73)71-46-21-9-3-15-38(46)39-16-4-10-22-47(39)71/h1-32H. The van der Waals surface area contributed by atoms with Gasteiger partial charge in [-0.2, -0.15) is 13.2 Å². The van der Waals surface area contributed by atoms with Crippen molar-refractivity contribution in [3.63, 3.8) is 0 Å². The van der Waals surface area contributed by atoms with Crippen molar-refractivity contribution in [2.24, 2.45) is 0 Å². The number of rotatable bonds is 5. The minimum Gasteiger partial charge on any atom is -0.309 e. The Labute approximate surface area is 408 Å². The highest BCUT2D eigenvalue weighted by atomic mass is 19.4. The first kappa shape index (κ1) is 42.7. The number of para-hydroxylation sites is 6. The molecule has 352 valence electrons. The van der Waals surface area contributed by atoms with Crippen LogP contribution < -0.4 is 0 Å². The van der Waals surface area contributed by atoms with E-state index in [0.29, 0.717) is 55.0 Å². The van der Waals surface area contributed by atoms with E-state index in [2.05, 4.69) is 0 Å². The second-order valence-corrected chi connectivity index (χ2v) is 18.2. The monoisotopic (exact) mass is 972 g/mol. The lowest BCUT2D eigenvalue weighted by molar-refractivity contribution is -0.137. The quantitative estimate of drug-likeness (QED) is 0.0930. The van der Waals surface area contributed by atoms with Gasteiger partial charge in [0.2, 0.25) is 5.82 Å². The Hall–Kier alpha value is -9.16. The van der Waals surface area contributed by atoms with E-state index in [-0.39, 0.29) is 0 Å². The first-order valence-electron chi connectivity index (χ1n) is 23.3. The van der Waals surface area contributed by atoms with Crippen LogP contribution in [-0.4, -0.2) is 18.3 Å². The van der Waals surface area contributed by atoms with Crippen LogP contribution in [-0.2, 0) is 6.18 Å². The second-order valence-electron chi connectivity index (χ2n) is 18.2. The van der Waals surface area contributed by atoms with Crippen LogP contribution in [0.4, 0.5) is 35.1 Å². The zero-order chi connectivity index (χ0) is 49.6. The molecule has 14 aromatic rings. The van der Waals surface area contributed by atoms with E-state index in [1.165, 1.54) is 9.13 Å². The fourth-order valence-electron chi connectivity index (χ4n) is 11.3. The summed E-state index contributed by atoms with van der Waals surface area (Å²) < 4.78 is 136. The van der Waals surface area contributed by atoms with Crippen LogP contribution in [0.1, 0.15) is 5.56 Å². The summed E-state index contributed by atoms with van der Waals surface area (Å²) in [4.78, 5) is 0. The molecule has 0 aliphatic rings. The molecule has 0 aliphatic carbocycles. The number of aromatic nitrogens is 4. The number of fused-ring (bicyclic) bond motifs is 12. The van der Waals surface area contributed by atoms with Crippen LogP contribution in [0, 0.1) is 29.1 Å². The van der Waals surface area contributed by atoms with E-state index >= 15 is 35.1 Å². The third-order valence-electron chi connectivity index (χ3n) is 14.4. The van der Waals surface area contributed by atoms with Gasteiger partial charge in [0.15, 0.2) is 23.3 Å². The summed E-state index contributed by atoms with van der Waals surface area (Å²) in [6, 6.07) is 57.1. The Balaban J connectivity index is 1.16. The summed E-state index contributed by atoms with van der Waals surface area (Å²) in [5.74, 6) is -11.3. The van der Waals surface area contributed by atoms with E-state index < -0.39 is 63.3 Å². The van der Waals surface area contributed by atoms with Crippen molar-refractivity contribution in [3.05, 3.63) is 229 Å². The van der Waals surface area contributed by atoms with Crippen LogP contribution in [0.5, 0.6) is 0 Å². The lowest BCUT2D eigenvalue weighted by Crippen LogP contribution is -2.13. The van der Waals surface area contributed by atoms with Gasteiger partial charge >= 0.3 is 6.18 Å². The summed E-state index contributed by atoms with van der Waals surface area (Å²) in [6.07, 6.45) is -5.10. The fourth-order valence-corrected chi connectivity index (χ4v) is 11.3. The number of alkyl halides is 3. The predicted octanol–water partition coefficient (Wildman–Crippen LogP) is 17.5. The van der Waals surface area contributed by atoms with Gasteiger partial charge < -0.3 is 18.3 Å². The maximum Gasteiger partial charge on any atom is 0.416 e. The number of hydrogen-bond acceptors (Lipinski definition) is 0. The molecule has 0 unspecified atom stereocenters. The zero-order valence-electron chi connectivity index (χ0n) is 37.8. The van der Waals surface area contributed by atoms with Gasteiger partial charge in [0, 0.05) is 60.0 Å². The fraction of sp³-hybridized carbons (Fsp3) is 0.0164. The predicted molar refractivity (Wildman–Crippen MR) is 274 cm³/mol. The van der Waals surface area contributed by atoms with Crippen molar-refractivity contribution >= 4 is 87.2 Å². The van der Waals surface area contributed by atoms with Gasteiger partial charge in [-0.05, 0) is 72.8 Å². The number of benzene rings is 10. The Bertz CT molecular complexity index is 4300. The smallest absolute Gasteiger partial charge is 0.309 e. The Morgan fingerprint density at radius 2 is 0.534 bits per heavy atom. The molecule has 4 aromatic heterocycles. The van der Waals surface area contributed by atoms with Crippen molar-refractivity contribution in [3.8, 4) is 33.9 Å². The largest absolute Gasteiger partial charge is 0.416 e. The molecule has 73 heavy (non-hydrogen) atoms. The van der Waals surface area contributed by atoms with Crippen molar-refractivity contribution in [2.75, 3.05) is 0 Å². The number of hydrogen-bond donors (Lipinski definition) is 0. The molecule has 10 aromatic carbocycles. The third kappa shape index (κ3) is 6.00. The lowest BCUT2D eigenvalue weighted by Gasteiger charge is -2.23. The Morgan fingerprint density at radius 3 is 0.849 bits per heavy atom. The molecule has 0 radical (unpaired) electrons. The molecule has 0 N–H and O–H groups in total. The van der Waals surface area contributed by atoms with Gasteiger partial charge in [0.05, 0.1) is 66.6 Å². The van der Waals surface area contributed by atoms with Gasteiger partial charge in [-0.3, -0.25) is 0 Å². The van der Waals surface area contributed by atoms with Crippen molar-refractivity contribution in [2.45, 2.75) is 6.18 Å². The van der Waals surface area contributed by atoms with Crippen LogP contribution in [0.15, 0.2) is 194 Å². The summed E-state index contributed by atoms with van der Waals surface area (Å²) >= 11 is 0. The van der Waals surface area contributed by atoms with E-state index in [0.717, 1.165) is 55.7 Å². The molecule has 14 rings (SSSR count). The molecular formula is C61H32F8N4. The average Bonchev–Trinajstić information content (AvgIpc) is 4.14. The van der Waals surface area contributed by atoms with Crippen molar-refractivity contribution in [1.82, 2.24) is 18.3 Å². The molecular weight excluding hydrogens is 941 g/mol. The zero-order valence-corrected chi connectivity index (χ0v) is 37.8. The minimum absolute atomic E-state index is 0.298. The SMILES string of the molecule is Fc1c(F)c(F)c(-c2c(-n3c4ccccc4c4ccc(-n5c6ccccc6c6ccccc65)cc43)cc(C(F)(F)F)cc2-n2c3ccccc3c3ccc(-n4c5ccccc5c5ccccc54)cc32)c(F)c1F. The highest BCUT2D eigenvalue weighted by molar-refractivity contribution is 6.15. The first-order chi connectivity index (χ1) is 35.5. The van der Waals surface area contributed by atoms with E-state index in [4.69, 9.17) is 0 Å². The maximum atomic E-state index is 17.0. The molecule has 0 fully saturated rings. The first-order valence-corrected chi connectivity index (χ1v) is 23.3. The molecule has 0 atom stereocenters. The maximum absolute atomic E-state index is 17.0. The highest BCUT2D eigenvalue weighted by Crippen LogP contribution is 2.48. The van der Waals surface area contributed by atoms with Crippen LogP contribution >= 0.6 is 0 Å². The highest BCUT2D eigenvalue weighted by Gasteiger charge is 2.37. The third-order valence-corrected chi connectivity index (χ3v) is 14.4. The topological polar surface area (TPSA) is 19.7 Å². The van der Waals surface area contributed by atoms with E-state index in [1.54, 1.807) is 60.7 Å². The molecule has 0 bridgehead atoms. The molecule has 0 spiro atoms. The minimum atomic E-state index is -5.10. The summed E-state index contributed by atoms with van der Waals surface area (Å²) in [5, 5.41) is 6.00. The van der Waals surface area contributed by atoms with Crippen LogP contribution in [0.2, 0.25) is 0 Å². The summed E-state index contributed by atoms with van der Waals surface area (Å²) in [5.41, 5.74) is 1.47. The molecule has 12 heteroatoms. The van der Waals surface area contributed by atoms with Crippen LogP contribution in [0.3, 0.4) is 0 Å². The normalized spacial score (nSPS) is 12.4. The van der Waals surface area contributed by atoms with E-state index in [1.807, 2.05) is 130 Å². The van der Waals surface area contributed by atoms with Crippen LogP contribution in [0.25, 0.3) is 121 Å². The Kier molecular flexibility index (Phi) is 9.02. The van der Waals surface area contributed by atoms with Gasteiger partial charge in [0.25, 0.3) is 0 Å². The number of nitrogens with zero attached hydrogens (tertiary/aromatic N) is 4. The van der Waals surface area contributed by atoms with E-state index in [9.17, 15) is 0 Å². The molecule has 0 saturated carbocycles. The van der Waals surface area contributed by atoms with Gasteiger partial charge in [-0.25, -0.2) is 22.0 Å². The van der Waals surface area contributed by atoms with Crippen molar-refractivity contribution in [1.29, 1.82) is 0 Å². The van der Waals surface area contributed by atoms with Crippen molar-refractivity contribution < 1.29 is 35.1 Å². The summed E-state index contributed by atoms with van der Waals surface area (Å²) in [6.45, 7) is 0. The molecule has 0 amide bonds. The molecule has 0 saturated heterocycles. The lowest BCUT2D eigenvalue weighted by atomic mass is 9.96. The molecule has 4 heterocycles. The van der Waals surface area contributed by atoms with Gasteiger partial charge in [0.1, 0.15) is 0 Å². The second kappa shape index (κ2) is 15.4.